The first-order valence-corrected chi connectivity index (χ1v) is 6.41. The van der Waals surface area contributed by atoms with E-state index in [1.807, 2.05) is 6.92 Å². The molecule has 0 spiro atoms. The van der Waals surface area contributed by atoms with Crippen LogP contribution in [0.1, 0.15) is 11.8 Å². The summed E-state index contributed by atoms with van der Waals surface area (Å²) < 4.78 is 22.8. The largest absolute Gasteiger partial charge is 0.247 e. The fourth-order valence-corrected chi connectivity index (χ4v) is 3.59. The Labute approximate surface area is 83.8 Å². The Hall–Kier alpha value is 0.0900. The highest BCUT2D eigenvalue weighted by atomic mass is 79.9. The first kappa shape index (κ1) is 10.2. The van der Waals surface area contributed by atoms with Gasteiger partial charge in [-0.25, -0.2) is 13.6 Å². The van der Waals surface area contributed by atoms with E-state index in [1.54, 1.807) is 6.07 Å². The van der Waals surface area contributed by atoms with E-state index in [-0.39, 0.29) is 4.21 Å². The molecule has 0 amide bonds. The first-order valence-electron chi connectivity index (χ1n) is 3.26. The molecule has 0 aliphatic heterocycles. The third kappa shape index (κ3) is 2.07. The quantitative estimate of drug-likeness (QED) is 0.889. The van der Waals surface area contributed by atoms with Crippen LogP contribution in [0.25, 0.3) is 0 Å². The minimum Gasteiger partial charge on any atom is -0.224 e. The molecule has 1 aromatic rings. The Balaban J connectivity index is 3.23. The van der Waals surface area contributed by atoms with Gasteiger partial charge in [-0.2, -0.15) is 0 Å². The molecule has 0 saturated carbocycles. The van der Waals surface area contributed by atoms with Crippen molar-refractivity contribution in [2.45, 2.75) is 17.6 Å². The van der Waals surface area contributed by atoms with Crippen molar-refractivity contribution in [2.75, 3.05) is 0 Å². The second-order valence-corrected chi connectivity index (χ2v) is 6.01. The number of halogens is 1. The van der Waals surface area contributed by atoms with Gasteiger partial charge in [0.25, 0.3) is 0 Å². The van der Waals surface area contributed by atoms with Crippen LogP contribution in [0.3, 0.4) is 0 Å². The minimum atomic E-state index is -3.53. The van der Waals surface area contributed by atoms with Gasteiger partial charge in [0.15, 0.2) is 0 Å². The fourth-order valence-electron chi connectivity index (χ4n) is 0.765. The maximum atomic E-state index is 10.9. The van der Waals surface area contributed by atoms with Crippen LogP contribution in [0.15, 0.2) is 14.7 Å². The summed E-state index contributed by atoms with van der Waals surface area (Å²) in [4.78, 5) is 0.999. The van der Waals surface area contributed by atoms with Crippen molar-refractivity contribution in [3.8, 4) is 0 Å². The number of primary sulfonamides is 1. The molecule has 1 rings (SSSR count). The van der Waals surface area contributed by atoms with Gasteiger partial charge in [-0.05, 0) is 28.4 Å². The summed E-state index contributed by atoms with van der Waals surface area (Å²) in [5.41, 5.74) is 0. The van der Waals surface area contributed by atoms with Crippen LogP contribution in [-0.4, -0.2) is 8.42 Å². The highest BCUT2D eigenvalue weighted by molar-refractivity contribution is 9.10. The van der Waals surface area contributed by atoms with E-state index >= 15 is 0 Å². The van der Waals surface area contributed by atoms with Gasteiger partial charge in [0, 0.05) is 9.35 Å². The van der Waals surface area contributed by atoms with Crippen LogP contribution >= 0.6 is 27.3 Å². The predicted molar refractivity (Wildman–Crippen MR) is 52.8 cm³/mol. The zero-order valence-electron chi connectivity index (χ0n) is 6.37. The average Bonchev–Trinajstić information content (AvgIpc) is 2.29. The Bertz CT molecular complexity index is 382. The van der Waals surface area contributed by atoms with Gasteiger partial charge >= 0.3 is 0 Å². The fraction of sp³-hybridized carbons (Fsp3) is 0.333. The molecule has 0 aromatic carbocycles. The molecule has 0 aliphatic carbocycles. The summed E-state index contributed by atoms with van der Waals surface area (Å²) in [7, 11) is -3.53. The summed E-state index contributed by atoms with van der Waals surface area (Å²) in [6.45, 7) is 1.96. The SMILES string of the molecule is CCc1sc(S(N)(=O)=O)cc1Br. The van der Waals surface area contributed by atoms with E-state index in [4.69, 9.17) is 5.14 Å². The van der Waals surface area contributed by atoms with Crippen LogP contribution in [0.2, 0.25) is 0 Å². The van der Waals surface area contributed by atoms with Gasteiger partial charge in [0.1, 0.15) is 4.21 Å². The second kappa shape index (κ2) is 3.45. The lowest BCUT2D eigenvalue weighted by atomic mass is 10.4. The maximum absolute atomic E-state index is 10.9. The molecule has 0 aliphatic rings. The molecule has 1 heterocycles. The van der Waals surface area contributed by atoms with Crippen molar-refractivity contribution in [3.05, 3.63) is 15.4 Å². The average molecular weight is 270 g/mol. The standard InChI is InChI=1S/C6H8BrNO2S2/c1-2-5-4(7)3-6(11-5)12(8,9)10/h3H,2H2,1H3,(H2,8,9,10). The van der Waals surface area contributed by atoms with Crippen molar-refractivity contribution in [3.63, 3.8) is 0 Å². The lowest BCUT2D eigenvalue weighted by molar-refractivity contribution is 0.600. The molecule has 0 bridgehead atoms. The molecule has 0 radical (unpaired) electrons. The van der Waals surface area contributed by atoms with Gasteiger partial charge in [0.05, 0.1) is 0 Å². The predicted octanol–water partition coefficient (Wildman–Crippen LogP) is 1.72. The topological polar surface area (TPSA) is 60.2 Å². The molecule has 2 N–H and O–H groups in total. The summed E-state index contributed by atoms with van der Waals surface area (Å²) >= 11 is 4.47. The van der Waals surface area contributed by atoms with Crippen LogP contribution in [0.4, 0.5) is 0 Å². The number of rotatable bonds is 2. The minimum absolute atomic E-state index is 0.214. The number of sulfonamides is 1. The monoisotopic (exact) mass is 269 g/mol. The molecule has 12 heavy (non-hydrogen) atoms. The molecule has 0 fully saturated rings. The van der Waals surface area contributed by atoms with E-state index in [1.165, 1.54) is 11.3 Å². The molecule has 0 saturated heterocycles. The molecule has 0 atom stereocenters. The summed E-state index contributed by atoms with van der Waals surface area (Å²) in [6, 6.07) is 1.54. The van der Waals surface area contributed by atoms with Gasteiger partial charge < -0.3 is 0 Å². The summed E-state index contributed by atoms with van der Waals surface area (Å²) in [6.07, 6.45) is 0.806. The summed E-state index contributed by atoms with van der Waals surface area (Å²) in [5.74, 6) is 0. The maximum Gasteiger partial charge on any atom is 0.247 e. The van der Waals surface area contributed by atoms with E-state index in [0.29, 0.717) is 0 Å². The van der Waals surface area contributed by atoms with Crippen LogP contribution in [0.5, 0.6) is 0 Å². The Morgan fingerprint density at radius 2 is 2.25 bits per heavy atom. The zero-order chi connectivity index (χ0) is 9.35. The van der Waals surface area contributed by atoms with Gasteiger partial charge in [-0.15, -0.1) is 11.3 Å². The highest BCUT2D eigenvalue weighted by Crippen LogP contribution is 2.29. The first-order chi connectivity index (χ1) is 5.45. The molecule has 0 unspecified atom stereocenters. The molecule has 3 nitrogen and oxygen atoms in total. The van der Waals surface area contributed by atoms with Crippen LogP contribution < -0.4 is 5.14 Å². The van der Waals surface area contributed by atoms with Crippen molar-refractivity contribution < 1.29 is 8.42 Å². The normalized spacial score (nSPS) is 11.9. The molecule has 68 valence electrons. The molecule has 1 aromatic heterocycles. The number of nitrogens with two attached hydrogens (primary N) is 1. The van der Waals surface area contributed by atoms with Crippen LogP contribution in [-0.2, 0) is 16.4 Å². The van der Waals surface area contributed by atoms with Crippen molar-refractivity contribution in [1.82, 2.24) is 0 Å². The second-order valence-electron chi connectivity index (χ2n) is 2.24. The molecule has 6 heteroatoms. The highest BCUT2D eigenvalue weighted by Gasteiger charge is 2.13. The third-order valence-electron chi connectivity index (χ3n) is 1.34. The Kier molecular flexibility index (Phi) is 2.92. The number of aryl methyl sites for hydroxylation is 1. The smallest absolute Gasteiger partial charge is 0.224 e. The van der Waals surface area contributed by atoms with E-state index in [0.717, 1.165) is 15.8 Å². The van der Waals surface area contributed by atoms with E-state index in [9.17, 15) is 8.42 Å². The van der Waals surface area contributed by atoms with Gasteiger partial charge in [0.2, 0.25) is 10.0 Å². The zero-order valence-corrected chi connectivity index (χ0v) is 9.59. The Morgan fingerprint density at radius 1 is 1.67 bits per heavy atom. The lowest BCUT2D eigenvalue weighted by Crippen LogP contribution is -2.09. The summed E-state index contributed by atoms with van der Waals surface area (Å²) in [5, 5.41) is 4.96. The molecular formula is C6H8BrNO2S2. The third-order valence-corrected chi connectivity index (χ3v) is 5.01. The number of hydrogen-bond acceptors (Lipinski definition) is 3. The van der Waals surface area contributed by atoms with Gasteiger partial charge in [-0.1, -0.05) is 6.92 Å². The van der Waals surface area contributed by atoms with Crippen molar-refractivity contribution >= 4 is 37.3 Å². The lowest BCUT2D eigenvalue weighted by Gasteiger charge is -1.88. The Morgan fingerprint density at radius 3 is 2.50 bits per heavy atom. The van der Waals surface area contributed by atoms with Gasteiger partial charge in [-0.3, -0.25) is 0 Å². The van der Waals surface area contributed by atoms with Crippen LogP contribution in [0, 0.1) is 0 Å². The number of hydrogen-bond donors (Lipinski definition) is 1. The number of thiophene rings is 1. The van der Waals surface area contributed by atoms with Crippen molar-refractivity contribution in [1.29, 1.82) is 0 Å². The molecular weight excluding hydrogens is 262 g/mol. The van der Waals surface area contributed by atoms with Crippen molar-refractivity contribution in [2.24, 2.45) is 5.14 Å². The van der Waals surface area contributed by atoms with E-state index < -0.39 is 10.0 Å². The van der Waals surface area contributed by atoms with E-state index in [2.05, 4.69) is 15.9 Å².